The Kier molecular flexibility index (Phi) is 15.9. The van der Waals surface area contributed by atoms with Gasteiger partial charge in [0.1, 0.15) is 5.76 Å². The van der Waals surface area contributed by atoms with Crippen molar-refractivity contribution in [3.8, 4) is 0 Å². The minimum atomic E-state index is -1.26. The molecule has 0 fully saturated rings. The van der Waals surface area contributed by atoms with Crippen molar-refractivity contribution in [1.29, 1.82) is 0 Å². The van der Waals surface area contributed by atoms with Gasteiger partial charge in [-0.3, -0.25) is 0 Å². The molecule has 0 bridgehead atoms. The van der Waals surface area contributed by atoms with Gasteiger partial charge >= 0.3 is 18.0 Å². The summed E-state index contributed by atoms with van der Waals surface area (Å²) in [6.45, 7) is 12.8. The van der Waals surface area contributed by atoms with Gasteiger partial charge in [0.05, 0.1) is 12.0 Å². The fraction of sp³-hybridized carbons (Fsp3) is 0.571. The summed E-state index contributed by atoms with van der Waals surface area (Å²) in [7, 11) is 0. The van der Waals surface area contributed by atoms with E-state index in [0.29, 0.717) is 18.7 Å². The van der Waals surface area contributed by atoms with Gasteiger partial charge in [0.2, 0.25) is 0 Å². The zero-order valence-corrected chi connectivity index (χ0v) is 19.6. The Labute approximate surface area is 188 Å². The highest BCUT2D eigenvalue weighted by atomic mass is 32.2. The van der Waals surface area contributed by atoms with Crippen LogP contribution in [0, 0.1) is 0 Å². The van der Waals surface area contributed by atoms with E-state index >= 15 is 0 Å². The van der Waals surface area contributed by atoms with Crippen LogP contribution in [0.1, 0.15) is 33.5 Å². The number of hydrogen-bond acceptors (Lipinski definition) is 6. The van der Waals surface area contributed by atoms with Crippen LogP contribution >= 0.6 is 11.8 Å². The van der Waals surface area contributed by atoms with Crippen LogP contribution in [0.3, 0.4) is 0 Å². The van der Waals surface area contributed by atoms with E-state index in [1.54, 1.807) is 18.0 Å². The molecule has 176 valence electrons. The van der Waals surface area contributed by atoms with Gasteiger partial charge in [0.25, 0.3) is 0 Å². The summed E-state index contributed by atoms with van der Waals surface area (Å²) in [5.74, 6) is 0.222. The first-order valence-electron chi connectivity index (χ1n) is 10.2. The summed E-state index contributed by atoms with van der Waals surface area (Å²) < 4.78 is 5.31. The smallest absolute Gasteiger partial charge is 0.328 e. The molecule has 0 aliphatic rings. The maximum Gasteiger partial charge on any atom is 0.328 e. The number of thioether (sulfide) groups is 1. The van der Waals surface area contributed by atoms with E-state index in [9.17, 15) is 14.4 Å². The summed E-state index contributed by atoms with van der Waals surface area (Å²) in [6, 6.07) is 4.12. The lowest BCUT2D eigenvalue weighted by molar-refractivity contribution is -0.134. The fourth-order valence-electron chi connectivity index (χ4n) is 2.43. The lowest BCUT2D eigenvalue weighted by atomic mass is 10.3. The first-order chi connectivity index (χ1) is 14.7. The summed E-state index contributed by atoms with van der Waals surface area (Å²) in [4.78, 5) is 35.6. The highest BCUT2D eigenvalue weighted by Crippen LogP contribution is 2.13. The Balaban J connectivity index is 0.000000954. The second-order valence-corrected chi connectivity index (χ2v) is 7.79. The highest BCUT2D eigenvalue weighted by molar-refractivity contribution is 7.98. The van der Waals surface area contributed by atoms with Crippen LogP contribution in [0.4, 0.5) is 4.79 Å². The Morgan fingerprint density at radius 3 is 2.19 bits per heavy atom. The largest absolute Gasteiger partial charge is 0.478 e. The third-order valence-corrected chi connectivity index (χ3v) is 5.11. The molecular weight excluding hydrogens is 422 g/mol. The molecule has 0 aromatic carbocycles. The Morgan fingerprint density at radius 2 is 1.74 bits per heavy atom. The van der Waals surface area contributed by atoms with Crippen LogP contribution in [0.2, 0.25) is 0 Å². The van der Waals surface area contributed by atoms with E-state index in [0.717, 1.165) is 43.4 Å². The number of rotatable bonds is 13. The van der Waals surface area contributed by atoms with Crippen LogP contribution in [-0.2, 0) is 15.3 Å². The van der Waals surface area contributed by atoms with Gasteiger partial charge in [-0.1, -0.05) is 13.8 Å². The average Bonchev–Trinajstić information content (AvgIpc) is 3.23. The number of aliphatic carboxylic acids is 2. The van der Waals surface area contributed by atoms with E-state index in [2.05, 4.69) is 37.9 Å². The molecule has 0 saturated carbocycles. The third-order valence-electron chi connectivity index (χ3n) is 4.15. The molecule has 0 aliphatic heterocycles. The molecule has 0 saturated heterocycles. The van der Waals surface area contributed by atoms with Gasteiger partial charge in [-0.15, -0.1) is 0 Å². The quantitative estimate of drug-likeness (QED) is 0.305. The van der Waals surface area contributed by atoms with Crippen molar-refractivity contribution in [3.05, 3.63) is 36.3 Å². The summed E-state index contributed by atoms with van der Waals surface area (Å²) in [5, 5.41) is 18.7. The second-order valence-electron chi connectivity index (χ2n) is 6.69. The number of carbonyl (C=O) groups excluding carboxylic acids is 1. The predicted octanol–water partition coefficient (Wildman–Crippen LogP) is 2.99. The molecule has 31 heavy (non-hydrogen) atoms. The molecule has 0 radical (unpaired) electrons. The van der Waals surface area contributed by atoms with Crippen molar-refractivity contribution >= 4 is 29.7 Å². The number of likely N-dealkylation sites (N-methyl/N-ethyl adjacent to an activating group) is 1. The fourth-order valence-corrected chi connectivity index (χ4v) is 3.27. The number of nitrogens with zero attached hydrogens (tertiary/aromatic N) is 2. The molecule has 1 rings (SSSR count). The van der Waals surface area contributed by atoms with Gasteiger partial charge in [0, 0.05) is 43.6 Å². The Morgan fingerprint density at radius 1 is 1.13 bits per heavy atom. The Hall–Kier alpha value is -2.46. The second kappa shape index (κ2) is 17.2. The molecule has 1 heterocycles. The van der Waals surface area contributed by atoms with E-state index in [-0.39, 0.29) is 12.1 Å². The minimum Gasteiger partial charge on any atom is -0.478 e. The number of carbonyl (C=O) groups is 3. The number of furan rings is 1. The van der Waals surface area contributed by atoms with E-state index < -0.39 is 11.9 Å². The van der Waals surface area contributed by atoms with Crippen molar-refractivity contribution in [1.82, 2.24) is 15.1 Å². The van der Waals surface area contributed by atoms with Gasteiger partial charge in [-0.25, -0.2) is 14.4 Å². The maximum absolute atomic E-state index is 12.3. The molecule has 0 spiro atoms. The number of carboxylic acids is 2. The monoisotopic (exact) mass is 457 g/mol. The third kappa shape index (κ3) is 15.1. The zero-order chi connectivity index (χ0) is 23.6. The summed E-state index contributed by atoms with van der Waals surface area (Å²) in [6.07, 6.45) is 2.81. The molecule has 2 amide bonds. The van der Waals surface area contributed by atoms with Crippen LogP contribution < -0.4 is 5.32 Å². The van der Waals surface area contributed by atoms with E-state index in [1.165, 1.54) is 0 Å². The van der Waals surface area contributed by atoms with Gasteiger partial charge in [-0.05, 0) is 39.1 Å². The first-order valence-corrected chi connectivity index (χ1v) is 11.4. The van der Waals surface area contributed by atoms with Crippen LogP contribution in [0.25, 0.3) is 0 Å². The molecule has 3 N–H and O–H groups in total. The first kappa shape index (κ1) is 28.5. The zero-order valence-electron chi connectivity index (χ0n) is 18.7. The molecule has 1 aromatic heterocycles. The lowest BCUT2D eigenvalue weighted by Crippen LogP contribution is -2.47. The number of hydrogen-bond donors (Lipinski definition) is 3. The van der Waals surface area contributed by atoms with E-state index in [1.807, 2.05) is 17.0 Å². The predicted molar refractivity (Wildman–Crippen MR) is 122 cm³/mol. The Bertz CT molecular complexity index is 644. The minimum absolute atomic E-state index is 0.0331. The molecule has 0 aliphatic carbocycles. The van der Waals surface area contributed by atoms with Gasteiger partial charge < -0.3 is 29.7 Å². The molecule has 0 unspecified atom stereocenters. The normalized spacial score (nSPS) is 10.8. The summed E-state index contributed by atoms with van der Waals surface area (Å²) >= 11 is 1.79. The van der Waals surface area contributed by atoms with Crippen molar-refractivity contribution in [3.63, 3.8) is 0 Å². The summed E-state index contributed by atoms with van der Waals surface area (Å²) in [5.41, 5.74) is 0. The van der Waals surface area contributed by atoms with Crippen molar-refractivity contribution in [2.75, 3.05) is 38.5 Å². The van der Waals surface area contributed by atoms with Crippen molar-refractivity contribution < 1.29 is 29.0 Å². The van der Waals surface area contributed by atoms with E-state index in [4.69, 9.17) is 14.6 Å². The number of carboxylic acid groups (broad SMARTS) is 2. The molecule has 1 aromatic rings. The van der Waals surface area contributed by atoms with Crippen LogP contribution in [-0.4, -0.2) is 82.5 Å². The van der Waals surface area contributed by atoms with Crippen molar-refractivity contribution in [2.24, 2.45) is 0 Å². The molecule has 0 atom stereocenters. The van der Waals surface area contributed by atoms with Crippen LogP contribution in [0.5, 0.6) is 0 Å². The average molecular weight is 458 g/mol. The number of amides is 2. The standard InChI is InChI=1S/C17H31N3O2S.C4H4O4/c1-5-19(6-2)10-9-18-17(21)20(15(3)4)11-13-23-14-16-8-7-12-22-16;5-3(6)1-2-4(7)8/h7-8,12,15H,5-6,9-11,13-14H2,1-4H3,(H,18,21);1-2H,(H,5,6)(H,7,8)/b;2-1-. The molecular formula is C21H35N3O6S. The van der Waals surface area contributed by atoms with Crippen LogP contribution in [0.15, 0.2) is 35.0 Å². The van der Waals surface area contributed by atoms with Gasteiger partial charge in [0.15, 0.2) is 0 Å². The number of nitrogens with one attached hydrogen (secondary N) is 1. The van der Waals surface area contributed by atoms with Gasteiger partial charge in [-0.2, -0.15) is 11.8 Å². The lowest BCUT2D eigenvalue weighted by Gasteiger charge is -2.27. The van der Waals surface area contributed by atoms with Crippen molar-refractivity contribution in [2.45, 2.75) is 39.5 Å². The SMILES string of the molecule is CCN(CC)CCNC(=O)N(CCSCc1ccco1)C(C)C.O=C(O)/C=C\C(=O)O. The highest BCUT2D eigenvalue weighted by Gasteiger charge is 2.16. The molecule has 9 nitrogen and oxygen atoms in total. The number of urea groups is 1. The topological polar surface area (TPSA) is 123 Å². The molecule has 10 heteroatoms. The maximum atomic E-state index is 12.3.